The van der Waals surface area contributed by atoms with E-state index in [0.717, 1.165) is 10.4 Å². The fourth-order valence-electron chi connectivity index (χ4n) is 2.56. The third-order valence-corrected chi connectivity index (χ3v) is 6.20. The summed E-state index contributed by atoms with van der Waals surface area (Å²) >= 11 is 1.46. The van der Waals surface area contributed by atoms with E-state index < -0.39 is 10.8 Å². The maximum atomic E-state index is 12.4. The summed E-state index contributed by atoms with van der Waals surface area (Å²) in [6, 6.07) is 9.80. The van der Waals surface area contributed by atoms with Crippen LogP contribution in [0.1, 0.15) is 6.92 Å². The number of hydrogen-bond donors (Lipinski definition) is 1. The number of nitrogens with zero attached hydrogens (tertiary/aromatic N) is 2. The van der Waals surface area contributed by atoms with Crippen LogP contribution < -0.4 is 5.32 Å². The maximum absolute atomic E-state index is 12.4. The number of anilines is 1. The van der Waals surface area contributed by atoms with E-state index in [1.54, 1.807) is 11.1 Å². The van der Waals surface area contributed by atoms with Gasteiger partial charge in [0.25, 0.3) is 0 Å². The van der Waals surface area contributed by atoms with Gasteiger partial charge in [0, 0.05) is 41.6 Å². The highest BCUT2D eigenvalue weighted by Crippen LogP contribution is 2.28. The largest absolute Gasteiger partial charge is 0.323 e. The summed E-state index contributed by atoms with van der Waals surface area (Å²) in [5.41, 5.74) is 1.09. The molecule has 2 heterocycles. The van der Waals surface area contributed by atoms with E-state index in [-0.39, 0.29) is 11.9 Å². The van der Waals surface area contributed by atoms with Crippen molar-refractivity contribution in [1.82, 2.24) is 9.88 Å². The molecule has 122 valence electrons. The van der Waals surface area contributed by atoms with Crippen LogP contribution in [0, 0.1) is 5.92 Å². The average Bonchev–Trinajstić information content (AvgIpc) is 2.93. The van der Waals surface area contributed by atoms with Crippen LogP contribution in [0.2, 0.25) is 0 Å². The second-order valence-corrected chi connectivity index (χ2v) is 8.34. The summed E-state index contributed by atoms with van der Waals surface area (Å²) < 4.78 is 11.7. The predicted molar refractivity (Wildman–Crippen MR) is 95.2 cm³/mol. The van der Waals surface area contributed by atoms with Crippen LogP contribution in [0.15, 0.2) is 36.5 Å². The molecule has 1 aromatic carbocycles. The highest BCUT2D eigenvalue weighted by Gasteiger charge is 2.23. The molecule has 3 rings (SSSR count). The molecule has 2 amide bonds. The van der Waals surface area contributed by atoms with Gasteiger partial charge in [-0.25, -0.2) is 9.78 Å². The second-order valence-electron chi connectivity index (χ2n) is 5.69. The lowest BCUT2D eigenvalue weighted by atomic mass is 10.2. The predicted octanol–water partition coefficient (Wildman–Crippen LogP) is 3.04. The summed E-state index contributed by atoms with van der Waals surface area (Å²) in [7, 11) is -0.827. The van der Waals surface area contributed by atoms with Crippen molar-refractivity contribution in [2.45, 2.75) is 6.92 Å². The Morgan fingerprint density at radius 3 is 2.96 bits per heavy atom. The molecule has 0 unspecified atom stereocenters. The van der Waals surface area contributed by atoms with Crippen molar-refractivity contribution in [2.75, 3.05) is 29.9 Å². The highest BCUT2D eigenvalue weighted by atomic mass is 32.2. The van der Waals surface area contributed by atoms with Gasteiger partial charge in [-0.05, 0) is 11.5 Å². The molecule has 2 atom stereocenters. The molecule has 23 heavy (non-hydrogen) atoms. The molecular weight excluding hydrogens is 330 g/mol. The minimum absolute atomic E-state index is 0.162. The number of thiazole rings is 1. The molecule has 1 aromatic heterocycles. The van der Waals surface area contributed by atoms with E-state index in [1.807, 2.05) is 37.3 Å². The Bertz CT molecular complexity index is 702. The molecule has 1 aliphatic heterocycles. The lowest BCUT2D eigenvalue weighted by Gasteiger charge is -2.21. The number of amides is 2. The van der Waals surface area contributed by atoms with Gasteiger partial charge in [0.05, 0.1) is 4.88 Å². The molecular formula is C16H19N3O2S2. The Balaban J connectivity index is 1.66. The second kappa shape index (κ2) is 7.23. The van der Waals surface area contributed by atoms with Crippen molar-refractivity contribution >= 4 is 33.3 Å². The first kappa shape index (κ1) is 16.1. The summed E-state index contributed by atoms with van der Waals surface area (Å²) in [5, 5.41) is 3.45. The standard InChI is InChI=1S/C16H19N3O2S2/c1-12-10-19(7-8-23(21)11-12)16(20)18-15-17-9-14(22-15)13-5-3-2-4-6-13/h2-6,9,12H,7-8,10-11H2,1H3,(H,17,18,20)/t12-,23-/m1/s1. The van der Waals surface area contributed by atoms with Crippen LogP contribution in [-0.4, -0.2) is 44.7 Å². The van der Waals surface area contributed by atoms with Gasteiger partial charge in [-0.2, -0.15) is 0 Å². The molecule has 5 nitrogen and oxygen atoms in total. The molecule has 1 saturated heterocycles. The molecule has 0 radical (unpaired) electrons. The fraction of sp³-hybridized carbons (Fsp3) is 0.375. The molecule has 1 aliphatic rings. The molecule has 1 N–H and O–H groups in total. The first-order chi connectivity index (χ1) is 11.1. The van der Waals surface area contributed by atoms with Gasteiger partial charge in [0.2, 0.25) is 0 Å². The van der Waals surface area contributed by atoms with E-state index in [9.17, 15) is 9.00 Å². The molecule has 7 heteroatoms. The Morgan fingerprint density at radius 1 is 1.39 bits per heavy atom. The fourth-order valence-corrected chi connectivity index (χ4v) is 4.70. The van der Waals surface area contributed by atoms with Crippen LogP contribution in [0.4, 0.5) is 9.93 Å². The Kier molecular flexibility index (Phi) is 5.07. The minimum Gasteiger partial charge on any atom is -0.323 e. The Morgan fingerprint density at radius 2 is 2.17 bits per heavy atom. The average molecular weight is 349 g/mol. The van der Waals surface area contributed by atoms with Gasteiger partial charge >= 0.3 is 6.03 Å². The van der Waals surface area contributed by atoms with Crippen LogP contribution in [0.5, 0.6) is 0 Å². The summed E-state index contributed by atoms with van der Waals surface area (Å²) in [6.45, 7) is 3.19. The van der Waals surface area contributed by atoms with Crippen LogP contribution in [0.3, 0.4) is 0 Å². The van der Waals surface area contributed by atoms with E-state index in [0.29, 0.717) is 29.7 Å². The van der Waals surface area contributed by atoms with Crippen LogP contribution >= 0.6 is 11.3 Å². The van der Waals surface area contributed by atoms with Gasteiger partial charge in [-0.3, -0.25) is 9.53 Å². The van der Waals surface area contributed by atoms with Crippen molar-refractivity contribution in [3.8, 4) is 10.4 Å². The smallest absolute Gasteiger partial charge is 0.323 e. The third-order valence-electron chi connectivity index (χ3n) is 3.66. The molecule has 1 fully saturated rings. The Labute approximate surface area is 142 Å². The number of carbonyl (C=O) groups is 1. The SMILES string of the molecule is C[C@@H]1CN(C(=O)Nc2ncc(-c3ccccc3)s2)CC[S@@](=O)C1. The number of aromatic nitrogens is 1. The van der Waals surface area contributed by atoms with Gasteiger partial charge in [0.1, 0.15) is 0 Å². The summed E-state index contributed by atoms with van der Waals surface area (Å²) in [4.78, 5) is 19.4. The minimum atomic E-state index is -0.827. The molecule has 0 aliphatic carbocycles. The third kappa shape index (κ3) is 4.17. The van der Waals surface area contributed by atoms with E-state index >= 15 is 0 Å². The van der Waals surface area contributed by atoms with Crippen molar-refractivity contribution in [3.05, 3.63) is 36.5 Å². The summed E-state index contributed by atoms with van der Waals surface area (Å²) in [6.07, 6.45) is 1.77. The van der Waals surface area contributed by atoms with Crippen molar-refractivity contribution < 1.29 is 9.00 Å². The zero-order valence-corrected chi connectivity index (χ0v) is 14.5. The first-order valence-corrected chi connectivity index (χ1v) is 9.84. The van der Waals surface area contributed by atoms with Gasteiger partial charge in [-0.15, -0.1) is 0 Å². The molecule has 0 saturated carbocycles. The quantitative estimate of drug-likeness (QED) is 0.906. The van der Waals surface area contributed by atoms with Gasteiger partial charge in [0.15, 0.2) is 5.13 Å². The van der Waals surface area contributed by atoms with Crippen molar-refractivity contribution in [3.63, 3.8) is 0 Å². The normalized spacial score (nSPS) is 21.7. The lowest BCUT2D eigenvalue weighted by molar-refractivity contribution is 0.210. The highest BCUT2D eigenvalue weighted by molar-refractivity contribution is 7.85. The lowest BCUT2D eigenvalue weighted by Crippen LogP contribution is -2.38. The number of hydrogen-bond acceptors (Lipinski definition) is 4. The topological polar surface area (TPSA) is 62.3 Å². The van der Waals surface area contributed by atoms with Crippen molar-refractivity contribution in [1.29, 1.82) is 0 Å². The summed E-state index contributed by atoms with van der Waals surface area (Å²) in [5.74, 6) is 1.46. The van der Waals surface area contributed by atoms with E-state index in [1.165, 1.54) is 11.3 Å². The molecule has 2 aromatic rings. The maximum Gasteiger partial charge on any atom is 0.323 e. The van der Waals surface area contributed by atoms with Crippen LogP contribution in [-0.2, 0) is 10.8 Å². The molecule has 0 bridgehead atoms. The zero-order valence-electron chi connectivity index (χ0n) is 12.9. The van der Waals surface area contributed by atoms with Gasteiger partial charge in [-0.1, -0.05) is 48.6 Å². The number of rotatable bonds is 2. The molecule has 0 spiro atoms. The first-order valence-electron chi connectivity index (χ1n) is 7.54. The van der Waals surface area contributed by atoms with E-state index in [4.69, 9.17) is 0 Å². The number of nitrogens with one attached hydrogen (secondary N) is 1. The van der Waals surface area contributed by atoms with Crippen molar-refractivity contribution in [2.24, 2.45) is 5.92 Å². The van der Waals surface area contributed by atoms with E-state index in [2.05, 4.69) is 10.3 Å². The number of benzene rings is 1. The monoisotopic (exact) mass is 349 g/mol. The number of urea groups is 1. The zero-order chi connectivity index (χ0) is 16.2. The van der Waals surface area contributed by atoms with Crippen LogP contribution in [0.25, 0.3) is 10.4 Å². The van der Waals surface area contributed by atoms with Gasteiger partial charge < -0.3 is 4.90 Å². The number of carbonyl (C=O) groups excluding carboxylic acids is 1. The Hall–Kier alpha value is -1.73.